The van der Waals surface area contributed by atoms with E-state index < -0.39 is 4.92 Å². The maximum atomic E-state index is 10.5. The summed E-state index contributed by atoms with van der Waals surface area (Å²) >= 11 is 5.94. The number of hydrogen-bond donors (Lipinski definition) is 1. The van der Waals surface area contributed by atoms with Gasteiger partial charge in [-0.2, -0.15) is 0 Å². The van der Waals surface area contributed by atoms with Crippen molar-refractivity contribution >= 4 is 17.3 Å². The lowest BCUT2D eigenvalue weighted by Gasteiger charge is -2.05. The third-order valence-corrected chi connectivity index (χ3v) is 2.62. The molecule has 0 aliphatic heterocycles. The van der Waals surface area contributed by atoms with Gasteiger partial charge in [0, 0.05) is 18.7 Å². The van der Waals surface area contributed by atoms with Crippen molar-refractivity contribution in [1.29, 1.82) is 0 Å². The fraction of sp³-hybridized carbons (Fsp3) is 0.455. The molecule has 0 amide bonds. The Hall–Kier alpha value is -1.13. The van der Waals surface area contributed by atoms with Gasteiger partial charge >= 0.3 is 0 Å². The van der Waals surface area contributed by atoms with E-state index in [4.69, 9.17) is 11.6 Å². The van der Waals surface area contributed by atoms with E-state index in [2.05, 4.69) is 12.2 Å². The number of nitrogens with one attached hydrogen (secondary N) is 1. The molecule has 0 aliphatic rings. The summed E-state index contributed by atoms with van der Waals surface area (Å²) in [7, 11) is 0. The zero-order valence-electron chi connectivity index (χ0n) is 9.20. The lowest BCUT2D eigenvalue weighted by atomic mass is 10.2. The smallest absolute Gasteiger partial charge is 0.270 e. The first-order valence-electron chi connectivity index (χ1n) is 5.28. The van der Waals surface area contributed by atoms with Crippen LogP contribution in [-0.2, 0) is 6.54 Å². The molecule has 0 radical (unpaired) electrons. The third kappa shape index (κ3) is 3.79. The van der Waals surface area contributed by atoms with E-state index in [1.54, 1.807) is 6.07 Å². The van der Waals surface area contributed by atoms with E-state index in [0.717, 1.165) is 24.9 Å². The minimum Gasteiger partial charge on any atom is -0.313 e. The number of nitro benzene ring substituents is 1. The maximum Gasteiger partial charge on any atom is 0.270 e. The first-order valence-corrected chi connectivity index (χ1v) is 5.66. The Kier molecular flexibility index (Phi) is 5.22. The van der Waals surface area contributed by atoms with Crippen LogP contribution in [0.4, 0.5) is 5.69 Å². The summed E-state index contributed by atoms with van der Waals surface area (Å²) in [6.45, 7) is 3.71. The molecule has 0 aromatic heterocycles. The van der Waals surface area contributed by atoms with Crippen LogP contribution in [-0.4, -0.2) is 11.5 Å². The van der Waals surface area contributed by atoms with Gasteiger partial charge in [-0.1, -0.05) is 24.9 Å². The van der Waals surface area contributed by atoms with Crippen molar-refractivity contribution in [2.75, 3.05) is 6.54 Å². The monoisotopic (exact) mass is 242 g/mol. The summed E-state index contributed by atoms with van der Waals surface area (Å²) in [5.74, 6) is 0. The second kappa shape index (κ2) is 6.45. The molecule has 0 fully saturated rings. The van der Waals surface area contributed by atoms with E-state index >= 15 is 0 Å². The Morgan fingerprint density at radius 3 is 2.81 bits per heavy atom. The van der Waals surface area contributed by atoms with Gasteiger partial charge in [-0.25, -0.2) is 0 Å². The van der Waals surface area contributed by atoms with E-state index in [1.165, 1.54) is 12.1 Å². The van der Waals surface area contributed by atoms with Crippen LogP contribution >= 0.6 is 11.6 Å². The molecular formula is C11H15ClN2O2. The zero-order valence-corrected chi connectivity index (χ0v) is 9.96. The number of nitro groups is 1. The van der Waals surface area contributed by atoms with Crippen LogP contribution < -0.4 is 5.32 Å². The Bertz CT molecular complexity index is 369. The molecule has 1 rings (SSSR count). The van der Waals surface area contributed by atoms with Crippen LogP contribution in [0.25, 0.3) is 0 Å². The van der Waals surface area contributed by atoms with Crippen molar-refractivity contribution in [2.24, 2.45) is 0 Å². The molecule has 88 valence electrons. The standard InChI is InChI=1S/C11H15ClN2O2/c1-2-3-6-13-8-9-4-5-10(14(15)16)7-11(9)12/h4-5,7,13H,2-3,6,8H2,1H3. The molecule has 1 aromatic rings. The molecule has 0 unspecified atom stereocenters. The van der Waals surface area contributed by atoms with E-state index in [1.807, 2.05) is 0 Å². The van der Waals surface area contributed by atoms with E-state index in [0.29, 0.717) is 11.6 Å². The number of halogens is 1. The molecule has 0 bridgehead atoms. The van der Waals surface area contributed by atoms with Gasteiger partial charge in [-0.15, -0.1) is 0 Å². The number of rotatable bonds is 6. The van der Waals surface area contributed by atoms with Gasteiger partial charge in [0.05, 0.1) is 9.95 Å². The first-order chi connectivity index (χ1) is 7.65. The highest BCUT2D eigenvalue weighted by atomic mass is 35.5. The van der Waals surface area contributed by atoms with Crippen molar-refractivity contribution in [3.8, 4) is 0 Å². The van der Waals surface area contributed by atoms with Crippen LogP contribution in [0.15, 0.2) is 18.2 Å². The predicted molar refractivity (Wildman–Crippen MR) is 64.7 cm³/mol. The fourth-order valence-electron chi connectivity index (χ4n) is 1.32. The van der Waals surface area contributed by atoms with E-state index in [-0.39, 0.29) is 5.69 Å². The molecular weight excluding hydrogens is 228 g/mol. The van der Waals surface area contributed by atoms with Gasteiger partial charge < -0.3 is 5.32 Å². The zero-order chi connectivity index (χ0) is 12.0. The average Bonchev–Trinajstić information content (AvgIpc) is 2.26. The Labute approximate surface area is 99.8 Å². The topological polar surface area (TPSA) is 55.2 Å². The molecule has 1 N–H and O–H groups in total. The number of nitrogens with zero attached hydrogens (tertiary/aromatic N) is 1. The molecule has 0 spiro atoms. The minimum absolute atomic E-state index is 0.0299. The van der Waals surface area contributed by atoms with Gasteiger partial charge in [-0.05, 0) is 24.6 Å². The molecule has 1 aromatic carbocycles. The van der Waals surface area contributed by atoms with Crippen molar-refractivity contribution in [1.82, 2.24) is 5.32 Å². The lowest BCUT2D eigenvalue weighted by Crippen LogP contribution is -2.14. The lowest BCUT2D eigenvalue weighted by molar-refractivity contribution is -0.384. The molecule has 0 aliphatic carbocycles. The highest BCUT2D eigenvalue weighted by molar-refractivity contribution is 6.31. The van der Waals surface area contributed by atoms with Crippen LogP contribution in [0.1, 0.15) is 25.3 Å². The van der Waals surface area contributed by atoms with Gasteiger partial charge in [0.25, 0.3) is 5.69 Å². The fourth-order valence-corrected chi connectivity index (χ4v) is 1.56. The maximum absolute atomic E-state index is 10.5. The van der Waals surface area contributed by atoms with Gasteiger partial charge in [0.2, 0.25) is 0 Å². The Morgan fingerprint density at radius 2 is 2.25 bits per heavy atom. The first kappa shape index (κ1) is 12.9. The largest absolute Gasteiger partial charge is 0.313 e. The highest BCUT2D eigenvalue weighted by Crippen LogP contribution is 2.22. The molecule has 0 saturated heterocycles. The molecule has 0 saturated carbocycles. The summed E-state index contributed by atoms with van der Waals surface area (Å²) in [5, 5.41) is 14.2. The van der Waals surface area contributed by atoms with Crippen molar-refractivity contribution in [3.05, 3.63) is 38.9 Å². The second-order valence-electron chi connectivity index (χ2n) is 3.56. The van der Waals surface area contributed by atoms with Crippen LogP contribution in [0.3, 0.4) is 0 Å². The Balaban J connectivity index is 2.57. The van der Waals surface area contributed by atoms with E-state index in [9.17, 15) is 10.1 Å². The highest BCUT2D eigenvalue weighted by Gasteiger charge is 2.08. The van der Waals surface area contributed by atoms with Crippen molar-refractivity contribution in [2.45, 2.75) is 26.3 Å². The van der Waals surface area contributed by atoms with Gasteiger partial charge in [0.15, 0.2) is 0 Å². The van der Waals surface area contributed by atoms with Crippen LogP contribution in [0.2, 0.25) is 5.02 Å². The van der Waals surface area contributed by atoms with Crippen LogP contribution in [0.5, 0.6) is 0 Å². The summed E-state index contributed by atoms with van der Waals surface area (Å²) in [6.07, 6.45) is 2.26. The molecule has 5 heteroatoms. The number of non-ortho nitro benzene ring substituents is 1. The predicted octanol–water partition coefficient (Wildman–Crippen LogP) is 3.14. The molecule has 0 atom stereocenters. The third-order valence-electron chi connectivity index (χ3n) is 2.27. The second-order valence-corrected chi connectivity index (χ2v) is 3.97. The molecule has 4 nitrogen and oxygen atoms in total. The minimum atomic E-state index is -0.444. The van der Waals surface area contributed by atoms with Crippen LogP contribution in [0, 0.1) is 10.1 Å². The van der Waals surface area contributed by atoms with Gasteiger partial charge in [0.1, 0.15) is 0 Å². The van der Waals surface area contributed by atoms with Crippen molar-refractivity contribution in [3.63, 3.8) is 0 Å². The normalized spacial score (nSPS) is 10.4. The molecule has 0 heterocycles. The summed E-state index contributed by atoms with van der Waals surface area (Å²) in [5.41, 5.74) is 0.922. The van der Waals surface area contributed by atoms with Gasteiger partial charge in [-0.3, -0.25) is 10.1 Å². The molecule has 16 heavy (non-hydrogen) atoms. The number of benzene rings is 1. The summed E-state index contributed by atoms with van der Waals surface area (Å²) < 4.78 is 0. The summed E-state index contributed by atoms with van der Waals surface area (Å²) in [4.78, 5) is 10.1. The summed E-state index contributed by atoms with van der Waals surface area (Å²) in [6, 6.07) is 4.56. The number of hydrogen-bond acceptors (Lipinski definition) is 3. The number of unbranched alkanes of at least 4 members (excludes halogenated alkanes) is 1. The SMILES string of the molecule is CCCCNCc1ccc([N+](=O)[O-])cc1Cl. The Morgan fingerprint density at radius 1 is 1.50 bits per heavy atom. The van der Waals surface area contributed by atoms with Crippen molar-refractivity contribution < 1.29 is 4.92 Å². The quantitative estimate of drug-likeness (QED) is 0.474. The average molecular weight is 243 g/mol.